The van der Waals surface area contributed by atoms with Crippen molar-refractivity contribution in [3.63, 3.8) is 0 Å². The Labute approximate surface area is 174 Å². The van der Waals surface area contributed by atoms with Crippen molar-refractivity contribution in [3.8, 4) is 11.8 Å². The van der Waals surface area contributed by atoms with E-state index in [1.54, 1.807) is 38.1 Å². The molecule has 1 heterocycles. The summed E-state index contributed by atoms with van der Waals surface area (Å²) in [5.41, 5.74) is 7.72. The number of halogens is 1. The summed E-state index contributed by atoms with van der Waals surface area (Å²) in [6.45, 7) is 3.67. The molecule has 1 aliphatic rings. The Morgan fingerprint density at radius 2 is 2.03 bits per heavy atom. The van der Waals surface area contributed by atoms with Crippen molar-refractivity contribution < 1.29 is 23.4 Å². The molecule has 6 nitrogen and oxygen atoms in total. The van der Waals surface area contributed by atoms with Gasteiger partial charge in [0.1, 0.15) is 35.6 Å². The van der Waals surface area contributed by atoms with Gasteiger partial charge < -0.3 is 19.9 Å². The minimum atomic E-state index is -0.725. The number of carbonyl (C=O) groups is 1. The summed E-state index contributed by atoms with van der Waals surface area (Å²) < 4.78 is 29.6. The van der Waals surface area contributed by atoms with Gasteiger partial charge in [-0.25, -0.2) is 9.18 Å². The summed E-state index contributed by atoms with van der Waals surface area (Å²) in [6, 6.07) is 15.1. The van der Waals surface area contributed by atoms with E-state index in [1.165, 1.54) is 12.1 Å². The number of allylic oxidation sites excluding steroid dienone is 2. The van der Waals surface area contributed by atoms with Crippen molar-refractivity contribution in [3.05, 3.63) is 88.3 Å². The zero-order valence-corrected chi connectivity index (χ0v) is 16.6. The molecule has 0 aliphatic carbocycles. The Balaban J connectivity index is 1.94. The van der Waals surface area contributed by atoms with E-state index in [-0.39, 0.29) is 41.8 Å². The molecule has 0 saturated heterocycles. The van der Waals surface area contributed by atoms with Gasteiger partial charge in [0.05, 0.1) is 18.1 Å². The van der Waals surface area contributed by atoms with Gasteiger partial charge in [0.2, 0.25) is 5.88 Å². The van der Waals surface area contributed by atoms with E-state index in [1.807, 2.05) is 18.2 Å². The highest BCUT2D eigenvalue weighted by molar-refractivity contribution is 5.92. The highest BCUT2D eigenvalue weighted by atomic mass is 19.1. The average molecular weight is 408 g/mol. The molecule has 7 heteroatoms. The lowest BCUT2D eigenvalue weighted by Crippen LogP contribution is -2.25. The molecular weight excluding hydrogens is 387 g/mol. The van der Waals surface area contributed by atoms with Gasteiger partial charge in [-0.1, -0.05) is 30.3 Å². The van der Waals surface area contributed by atoms with Crippen molar-refractivity contribution >= 4 is 5.97 Å². The molecule has 0 spiro atoms. The molecule has 0 bridgehead atoms. The van der Waals surface area contributed by atoms with Gasteiger partial charge in [0, 0.05) is 6.07 Å². The maximum absolute atomic E-state index is 13.3. The SMILES string of the molecule is CCOC(=O)C1=C(C)OC(N)=C(C#N)C1c1cccc(COc2cccc(F)c2)c1. The van der Waals surface area contributed by atoms with Crippen LogP contribution in [0.25, 0.3) is 0 Å². The first-order valence-corrected chi connectivity index (χ1v) is 9.37. The second-order valence-corrected chi connectivity index (χ2v) is 6.61. The van der Waals surface area contributed by atoms with Gasteiger partial charge >= 0.3 is 5.97 Å². The molecule has 30 heavy (non-hydrogen) atoms. The number of ether oxygens (including phenoxy) is 3. The van der Waals surface area contributed by atoms with Gasteiger partial charge in [-0.05, 0) is 37.1 Å². The molecule has 154 valence electrons. The van der Waals surface area contributed by atoms with E-state index < -0.39 is 11.9 Å². The van der Waals surface area contributed by atoms with Crippen LogP contribution in [0.4, 0.5) is 4.39 Å². The fourth-order valence-corrected chi connectivity index (χ4v) is 3.27. The number of benzene rings is 2. The van der Waals surface area contributed by atoms with Crippen LogP contribution in [0.1, 0.15) is 30.9 Å². The Kier molecular flexibility index (Phi) is 6.38. The quantitative estimate of drug-likeness (QED) is 0.725. The van der Waals surface area contributed by atoms with E-state index in [0.29, 0.717) is 11.3 Å². The molecule has 2 N–H and O–H groups in total. The summed E-state index contributed by atoms with van der Waals surface area (Å²) in [5.74, 6) is -1.04. The molecule has 1 aliphatic heterocycles. The first kappa shape index (κ1) is 20.9. The second kappa shape index (κ2) is 9.14. The lowest BCUT2D eigenvalue weighted by atomic mass is 9.82. The average Bonchev–Trinajstić information content (AvgIpc) is 2.72. The number of rotatable bonds is 6. The third-order valence-corrected chi connectivity index (χ3v) is 4.59. The second-order valence-electron chi connectivity index (χ2n) is 6.61. The number of hydrogen-bond donors (Lipinski definition) is 1. The first-order valence-electron chi connectivity index (χ1n) is 9.37. The number of nitriles is 1. The zero-order valence-electron chi connectivity index (χ0n) is 16.6. The van der Waals surface area contributed by atoms with Crippen LogP contribution in [0.2, 0.25) is 0 Å². The van der Waals surface area contributed by atoms with Gasteiger partial charge in [0.25, 0.3) is 0 Å². The van der Waals surface area contributed by atoms with Gasteiger partial charge in [-0.15, -0.1) is 0 Å². The van der Waals surface area contributed by atoms with Crippen LogP contribution >= 0.6 is 0 Å². The number of carbonyl (C=O) groups excluding carboxylic acids is 1. The van der Waals surface area contributed by atoms with E-state index >= 15 is 0 Å². The molecule has 2 aromatic rings. The van der Waals surface area contributed by atoms with Crippen LogP contribution in [0, 0.1) is 17.1 Å². The highest BCUT2D eigenvalue weighted by Crippen LogP contribution is 2.39. The maximum Gasteiger partial charge on any atom is 0.338 e. The largest absolute Gasteiger partial charge is 0.489 e. The maximum atomic E-state index is 13.3. The van der Waals surface area contributed by atoms with Gasteiger partial charge in [-0.2, -0.15) is 5.26 Å². The van der Waals surface area contributed by atoms with Gasteiger partial charge in [-0.3, -0.25) is 0 Å². The lowest BCUT2D eigenvalue weighted by Gasteiger charge is -2.27. The number of nitrogens with two attached hydrogens (primary N) is 1. The van der Waals surface area contributed by atoms with Crippen molar-refractivity contribution in [2.45, 2.75) is 26.4 Å². The monoisotopic (exact) mass is 408 g/mol. The zero-order chi connectivity index (χ0) is 21.7. The molecule has 0 fully saturated rings. The third kappa shape index (κ3) is 4.44. The Hall–Kier alpha value is -3.79. The first-order chi connectivity index (χ1) is 14.4. The van der Waals surface area contributed by atoms with Crippen LogP contribution in [0.5, 0.6) is 5.75 Å². The van der Waals surface area contributed by atoms with Crippen LogP contribution in [0.15, 0.2) is 71.3 Å². The molecule has 1 atom stereocenters. The molecule has 3 rings (SSSR count). The summed E-state index contributed by atoms with van der Waals surface area (Å²) in [4.78, 5) is 12.6. The minimum absolute atomic E-state index is 0.0468. The fraction of sp³-hybridized carbons (Fsp3) is 0.217. The number of nitrogens with zero attached hydrogens (tertiary/aromatic N) is 1. The third-order valence-electron chi connectivity index (χ3n) is 4.59. The molecule has 0 amide bonds. The highest BCUT2D eigenvalue weighted by Gasteiger charge is 2.36. The Morgan fingerprint density at radius 3 is 2.73 bits per heavy atom. The van der Waals surface area contributed by atoms with E-state index in [2.05, 4.69) is 0 Å². The molecular formula is C23H21FN2O4. The molecule has 0 radical (unpaired) electrons. The van der Waals surface area contributed by atoms with Crippen molar-refractivity contribution in [1.29, 1.82) is 5.26 Å². The number of hydrogen-bond acceptors (Lipinski definition) is 6. The smallest absolute Gasteiger partial charge is 0.338 e. The molecule has 0 aromatic heterocycles. The summed E-state index contributed by atoms with van der Waals surface area (Å²) in [5, 5.41) is 9.65. The van der Waals surface area contributed by atoms with Crippen molar-refractivity contribution in [1.82, 2.24) is 0 Å². The normalized spacial score (nSPS) is 16.0. The van der Waals surface area contributed by atoms with Crippen molar-refractivity contribution in [2.75, 3.05) is 6.61 Å². The van der Waals surface area contributed by atoms with Crippen LogP contribution in [0.3, 0.4) is 0 Å². The van der Waals surface area contributed by atoms with E-state index in [0.717, 1.165) is 5.56 Å². The molecule has 2 aromatic carbocycles. The van der Waals surface area contributed by atoms with Crippen LogP contribution < -0.4 is 10.5 Å². The fourth-order valence-electron chi connectivity index (χ4n) is 3.27. The lowest BCUT2D eigenvalue weighted by molar-refractivity contribution is -0.139. The van der Waals surface area contributed by atoms with Gasteiger partial charge in [0.15, 0.2) is 0 Å². The Morgan fingerprint density at radius 1 is 1.27 bits per heavy atom. The van der Waals surface area contributed by atoms with E-state index in [4.69, 9.17) is 19.9 Å². The topological polar surface area (TPSA) is 94.6 Å². The van der Waals surface area contributed by atoms with E-state index in [9.17, 15) is 14.4 Å². The van der Waals surface area contributed by atoms with Crippen LogP contribution in [-0.4, -0.2) is 12.6 Å². The van der Waals surface area contributed by atoms with Crippen molar-refractivity contribution in [2.24, 2.45) is 5.73 Å². The number of esters is 1. The minimum Gasteiger partial charge on any atom is -0.489 e. The standard InChI is InChI=1S/C23H21FN2O4/c1-3-28-23(27)20-14(2)30-22(26)19(12-25)21(20)16-7-4-6-15(10-16)13-29-18-9-5-8-17(24)11-18/h4-11,21H,3,13,26H2,1-2H3. The molecule has 0 saturated carbocycles. The van der Waals surface area contributed by atoms with Crippen LogP contribution in [-0.2, 0) is 20.9 Å². The summed E-state index contributed by atoms with van der Waals surface area (Å²) in [6.07, 6.45) is 0. The Bertz CT molecular complexity index is 1070. The molecule has 1 unspecified atom stereocenters. The summed E-state index contributed by atoms with van der Waals surface area (Å²) in [7, 11) is 0. The predicted octanol–water partition coefficient (Wildman–Crippen LogP) is 4.05. The predicted molar refractivity (Wildman–Crippen MR) is 107 cm³/mol. The summed E-state index contributed by atoms with van der Waals surface area (Å²) >= 11 is 0.